The fraction of sp³-hybridized carbons (Fsp3) is 0.438. The molecule has 21 heavy (non-hydrogen) atoms. The highest BCUT2D eigenvalue weighted by Crippen LogP contribution is 2.23. The van der Waals surface area contributed by atoms with E-state index in [4.69, 9.17) is 0 Å². The van der Waals surface area contributed by atoms with Crippen molar-refractivity contribution in [3.05, 3.63) is 36.0 Å². The van der Waals surface area contributed by atoms with Crippen LogP contribution in [0.5, 0.6) is 0 Å². The Balaban J connectivity index is 1.50. The Morgan fingerprint density at radius 1 is 1.24 bits per heavy atom. The molecule has 0 spiro atoms. The van der Waals surface area contributed by atoms with Gasteiger partial charge in [0.2, 0.25) is 0 Å². The second-order valence-corrected chi connectivity index (χ2v) is 6.10. The number of benzene rings is 1. The monoisotopic (exact) mass is 284 g/mol. The number of hydrogen-bond donors (Lipinski definition) is 1. The van der Waals surface area contributed by atoms with E-state index in [1.807, 2.05) is 16.8 Å². The van der Waals surface area contributed by atoms with Gasteiger partial charge < -0.3 is 14.8 Å². The normalized spacial score (nSPS) is 23.1. The van der Waals surface area contributed by atoms with Gasteiger partial charge >= 0.3 is 6.03 Å². The molecule has 0 radical (unpaired) electrons. The van der Waals surface area contributed by atoms with Crippen LogP contribution in [0.2, 0.25) is 0 Å². The summed E-state index contributed by atoms with van der Waals surface area (Å²) in [4.78, 5) is 21.6. The SMILES string of the molecule is CN1C[C@H]2CN(Cc3c[nH]c4ccccc34)CCN2C1=O. The van der Waals surface area contributed by atoms with E-state index in [1.165, 1.54) is 16.5 Å². The number of nitrogens with zero attached hydrogens (tertiary/aromatic N) is 3. The van der Waals surface area contributed by atoms with Gasteiger partial charge in [-0.15, -0.1) is 0 Å². The van der Waals surface area contributed by atoms with Crippen LogP contribution in [0.3, 0.4) is 0 Å². The number of nitrogens with one attached hydrogen (secondary N) is 1. The third-order valence-electron chi connectivity index (χ3n) is 4.69. The van der Waals surface area contributed by atoms with Crippen molar-refractivity contribution >= 4 is 16.9 Å². The van der Waals surface area contributed by atoms with Crippen LogP contribution in [0.1, 0.15) is 5.56 Å². The Hall–Kier alpha value is -2.01. The molecule has 2 fully saturated rings. The Morgan fingerprint density at radius 2 is 2.10 bits per heavy atom. The van der Waals surface area contributed by atoms with Crippen LogP contribution in [-0.2, 0) is 6.54 Å². The van der Waals surface area contributed by atoms with Gasteiger partial charge in [-0.3, -0.25) is 4.90 Å². The summed E-state index contributed by atoms with van der Waals surface area (Å²) in [6, 6.07) is 8.96. The van der Waals surface area contributed by atoms with Gasteiger partial charge in [0.15, 0.2) is 0 Å². The number of fused-ring (bicyclic) bond motifs is 2. The molecular weight excluding hydrogens is 264 g/mol. The van der Waals surface area contributed by atoms with E-state index in [0.29, 0.717) is 6.04 Å². The molecule has 0 bridgehead atoms. The summed E-state index contributed by atoms with van der Waals surface area (Å²) in [6.07, 6.45) is 2.11. The molecule has 1 atom stereocenters. The van der Waals surface area contributed by atoms with Gasteiger partial charge in [0.1, 0.15) is 0 Å². The van der Waals surface area contributed by atoms with Crippen LogP contribution < -0.4 is 0 Å². The van der Waals surface area contributed by atoms with Crippen LogP contribution in [0.25, 0.3) is 10.9 Å². The zero-order chi connectivity index (χ0) is 14.4. The molecule has 0 unspecified atom stereocenters. The molecule has 110 valence electrons. The van der Waals surface area contributed by atoms with Crippen molar-refractivity contribution in [1.82, 2.24) is 19.7 Å². The quantitative estimate of drug-likeness (QED) is 0.912. The summed E-state index contributed by atoms with van der Waals surface area (Å²) < 4.78 is 0. The minimum absolute atomic E-state index is 0.187. The molecule has 4 rings (SSSR count). The summed E-state index contributed by atoms with van der Waals surface area (Å²) in [7, 11) is 1.89. The third kappa shape index (κ3) is 2.08. The van der Waals surface area contributed by atoms with Crippen molar-refractivity contribution in [2.24, 2.45) is 0 Å². The molecule has 2 aromatic rings. The first-order valence-electron chi connectivity index (χ1n) is 7.51. The van der Waals surface area contributed by atoms with Gasteiger partial charge in [-0.05, 0) is 11.6 Å². The molecule has 5 heteroatoms. The molecule has 2 saturated heterocycles. The van der Waals surface area contributed by atoms with Crippen LogP contribution in [0, 0.1) is 0 Å². The first-order valence-corrected chi connectivity index (χ1v) is 7.51. The number of carbonyl (C=O) groups excluding carboxylic acids is 1. The molecule has 1 aromatic carbocycles. The third-order valence-corrected chi connectivity index (χ3v) is 4.69. The number of amides is 2. The Morgan fingerprint density at radius 3 is 3.00 bits per heavy atom. The molecule has 5 nitrogen and oxygen atoms in total. The van der Waals surface area contributed by atoms with Crippen LogP contribution in [0.15, 0.2) is 30.5 Å². The lowest BCUT2D eigenvalue weighted by Gasteiger charge is -2.36. The summed E-state index contributed by atoms with van der Waals surface area (Å²) in [6.45, 7) is 4.57. The van der Waals surface area contributed by atoms with E-state index in [2.05, 4.69) is 40.3 Å². The van der Waals surface area contributed by atoms with E-state index in [9.17, 15) is 4.79 Å². The van der Waals surface area contributed by atoms with Crippen LogP contribution in [0.4, 0.5) is 4.79 Å². The van der Waals surface area contributed by atoms with Gasteiger partial charge in [0, 0.05) is 56.9 Å². The molecule has 2 amide bonds. The topological polar surface area (TPSA) is 42.6 Å². The molecule has 2 aliphatic heterocycles. The number of hydrogen-bond acceptors (Lipinski definition) is 2. The lowest BCUT2D eigenvalue weighted by Crippen LogP contribution is -2.51. The van der Waals surface area contributed by atoms with Gasteiger partial charge in [-0.2, -0.15) is 0 Å². The average Bonchev–Trinajstić information content (AvgIpc) is 3.02. The second-order valence-electron chi connectivity index (χ2n) is 6.10. The zero-order valence-corrected chi connectivity index (χ0v) is 12.2. The van der Waals surface area contributed by atoms with Crippen molar-refractivity contribution in [3.63, 3.8) is 0 Å². The molecule has 1 aromatic heterocycles. The highest BCUT2D eigenvalue weighted by molar-refractivity contribution is 5.83. The molecule has 0 saturated carbocycles. The van der Waals surface area contributed by atoms with Crippen molar-refractivity contribution in [2.75, 3.05) is 33.2 Å². The maximum absolute atomic E-state index is 12.0. The molecule has 2 aliphatic rings. The smallest absolute Gasteiger partial charge is 0.320 e. The number of likely N-dealkylation sites (N-methyl/N-ethyl adjacent to an activating group) is 1. The number of urea groups is 1. The van der Waals surface area contributed by atoms with E-state index in [-0.39, 0.29) is 6.03 Å². The van der Waals surface area contributed by atoms with Gasteiger partial charge in [-0.1, -0.05) is 18.2 Å². The van der Waals surface area contributed by atoms with E-state index in [0.717, 1.165) is 32.7 Å². The highest BCUT2D eigenvalue weighted by atomic mass is 16.2. The van der Waals surface area contributed by atoms with Crippen molar-refractivity contribution in [3.8, 4) is 0 Å². The van der Waals surface area contributed by atoms with Crippen LogP contribution in [-0.4, -0.2) is 65.0 Å². The van der Waals surface area contributed by atoms with Gasteiger partial charge in [-0.25, -0.2) is 4.79 Å². The number of carbonyl (C=O) groups is 1. The first-order chi connectivity index (χ1) is 10.2. The zero-order valence-electron chi connectivity index (χ0n) is 12.2. The maximum Gasteiger partial charge on any atom is 0.320 e. The van der Waals surface area contributed by atoms with Gasteiger partial charge in [0.25, 0.3) is 0 Å². The predicted molar refractivity (Wildman–Crippen MR) is 82.1 cm³/mol. The number of rotatable bonds is 2. The molecular formula is C16H20N4O. The van der Waals surface area contributed by atoms with Crippen molar-refractivity contribution in [2.45, 2.75) is 12.6 Å². The Bertz CT molecular complexity index is 680. The lowest BCUT2D eigenvalue weighted by molar-refractivity contribution is 0.116. The number of para-hydroxylation sites is 1. The average molecular weight is 284 g/mol. The number of piperazine rings is 1. The largest absolute Gasteiger partial charge is 0.361 e. The molecule has 1 N–H and O–H groups in total. The predicted octanol–water partition coefficient (Wildman–Crippen LogP) is 1.72. The molecule has 0 aliphatic carbocycles. The molecule has 3 heterocycles. The summed E-state index contributed by atoms with van der Waals surface area (Å²) >= 11 is 0. The van der Waals surface area contributed by atoms with Crippen LogP contribution >= 0.6 is 0 Å². The van der Waals surface area contributed by atoms with E-state index in [1.54, 1.807) is 0 Å². The first kappa shape index (κ1) is 12.7. The lowest BCUT2D eigenvalue weighted by atomic mass is 10.1. The number of aromatic nitrogens is 1. The highest BCUT2D eigenvalue weighted by Gasteiger charge is 2.38. The minimum atomic E-state index is 0.187. The van der Waals surface area contributed by atoms with E-state index < -0.39 is 0 Å². The Labute approximate surface area is 124 Å². The summed E-state index contributed by atoms with van der Waals surface area (Å²) in [5.74, 6) is 0. The van der Waals surface area contributed by atoms with Crippen molar-refractivity contribution < 1.29 is 4.79 Å². The second kappa shape index (κ2) is 4.77. The summed E-state index contributed by atoms with van der Waals surface area (Å²) in [5.41, 5.74) is 2.54. The van der Waals surface area contributed by atoms with Gasteiger partial charge in [0.05, 0.1) is 6.04 Å². The van der Waals surface area contributed by atoms with Crippen molar-refractivity contribution in [1.29, 1.82) is 0 Å². The number of H-pyrrole nitrogens is 1. The maximum atomic E-state index is 12.0. The van der Waals surface area contributed by atoms with E-state index >= 15 is 0 Å². The standard InChI is InChI=1S/C16H20N4O/c1-18-10-13-11-19(6-7-20(13)16(18)21)9-12-8-17-15-5-3-2-4-14(12)15/h2-5,8,13,17H,6-7,9-11H2,1H3/t13-/m0/s1. The Kier molecular flexibility index (Phi) is 2.89. The summed E-state index contributed by atoms with van der Waals surface area (Å²) in [5, 5.41) is 1.31. The fourth-order valence-electron chi connectivity index (χ4n) is 3.59. The number of aromatic amines is 1. The minimum Gasteiger partial charge on any atom is -0.361 e. The fourth-order valence-corrected chi connectivity index (χ4v) is 3.59.